The van der Waals surface area contributed by atoms with Gasteiger partial charge in [-0.3, -0.25) is 0 Å². The van der Waals surface area contributed by atoms with Gasteiger partial charge in [0.2, 0.25) is 0 Å². The average molecular weight is 316 g/mol. The normalized spacial score (nSPS) is 11.9. The van der Waals surface area contributed by atoms with Crippen molar-refractivity contribution in [1.82, 2.24) is 0 Å². The van der Waals surface area contributed by atoms with Crippen LogP contribution in [-0.4, -0.2) is 0 Å². The maximum atomic E-state index is 3.40. The number of hydrogen-bond donors (Lipinski definition) is 0. The Labute approximate surface area is 79.4 Å². The predicted octanol–water partition coefficient (Wildman–Crippen LogP) is 3.70. The number of hydrogen-bond acceptors (Lipinski definition) is 0. The SMILES string of the molecule is BrC(Br)(Br)c1cc[cH-]c1. The lowest BCUT2D eigenvalue weighted by Crippen LogP contribution is -1.92. The van der Waals surface area contributed by atoms with E-state index in [0.29, 0.717) is 0 Å². The first-order valence-corrected chi connectivity index (χ1v) is 4.77. The standard InChI is InChI=1S/C6H4Br3/c7-6(8,9)5-3-1-2-4-5/h1-4H/q-1. The van der Waals surface area contributed by atoms with Crippen LogP contribution >= 0.6 is 47.8 Å². The lowest BCUT2D eigenvalue weighted by molar-refractivity contribution is 1.41. The maximum Gasteiger partial charge on any atom is 0.107 e. The molecule has 0 saturated heterocycles. The van der Waals surface area contributed by atoms with Crippen molar-refractivity contribution in [2.24, 2.45) is 0 Å². The molecule has 50 valence electrons. The van der Waals surface area contributed by atoms with E-state index in [1.54, 1.807) is 0 Å². The molecule has 1 aromatic rings. The van der Waals surface area contributed by atoms with Crippen LogP contribution < -0.4 is 0 Å². The van der Waals surface area contributed by atoms with E-state index in [4.69, 9.17) is 0 Å². The van der Waals surface area contributed by atoms with Crippen molar-refractivity contribution in [1.29, 1.82) is 0 Å². The van der Waals surface area contributed by atoms with Gasteiger partial charge in [-0.05, 0) is 0 Å². The van der Waals surface area contributed by atoms with Crippen LogP contribution in [0.3, 0.4) is 0 Å². The van der Waals surface area contributed by atoms with Gasteiger partial charge in [0.15, 0.2) is 0 Å². The number of rotatable bonds is 0. The molecule has 0 aliphatic carbocycles. The monoisotopic (exact) mass is 313 g/mol. The van der Waals surface area contributed by atoms with Gasteiger partial charge in [0, 0.05) is 0 Å². The third-order valence-electron chi connectivity index (χ3n) is 0.990. The molecule has 0 N–H and O–H groups in total. The molecule has 0 nitrogen and oxygen atoms in total. The van der Waals surface area contributed by atoms with Gasteiger partial charge in [0.25, 0.3) is 0 Å². The van der Waals surface area contributed by atoms with E-state index in [2.05, 4.69) is 47.8 Å². The molecular weight excluding hydrogens is 312 g/mol. The lowest BCUT2D eigenvalue weighted by atomic mass is 10.4. The van der Waals surface area contributed by atoms with Gasteiger partial charge in [0.1, 0.15) is 2.14 Å². The number of alkyl halides is 3. The van der Waals surface area contributed by atoms with Crippen LogP contribution in [0.5, 0.6) is 0 Å². The minimum absolute atomic E-state index is 0.240. The largest absolute Gasteiger partial charge is 0.208 e. The predicted molar refractivity (Wildman–Crippen MR) is 50.5 cm³/mol. The van der Waals surface area contributed by atoms with E-state index in [-0.39, 0.29) is 2.14 Å². The van der Waals surface area contributed by atoms with Crippen LogP contribution in [0.15, 0.2) is 24.3 Å². The Morgan fingerprint density at radius 3 is 2.22 bits per heavy atom. The summed E-state index contributed by atoms with van der Waals surface area (Å²) in [4.78, 5) is 0. The van der Waals surface area contributed by atoms with E-state index in [1.165, 1.54) is 5.56 Å². The Hall–Kier alpha value is 0.790. The zero-order valence-corrected chi connectivity index (χ0v) is 9.20. The van der Waals surface area contributed by atoms with E-state index in [1.807, 2.05) is 24.3 Å². The van der Waals surface area contributed by atoms with Gasteiger partial charge in [0.05, 0.1) is 0 Å². The summed E-state index contributed by atoms with van der Waals surface area (Å²) in [5.41, 5.74) is 1.17. The van der Waals surface area contributed by atoms with Crippen molar-refractivity contribution in [3.05, 3.63) is 29.8 Å². The molecule has 0 aromatic heterocycles. The summed E-state index contributed by atoms with van der Waals surface area (Å²) in [6, 6.07) is 8.04. The van der Waals surface area contributed by atoms with Crippen molar-refractivity contribution in [3.8, 4) is 0 Å². The Balaban J connectivity index is 2.90. The van der Waals surface area contributed by atoms with E-state index < -0.39 is 0 Å². The van der Waals surface area contributed by atoms with E-state index in [9.17, 15) is 0 Å². The Bertz CT molecular complexity index is 171. The van der Waals surface area contributed by atoms with Crippen molar-refractivity contribution >= 4 is 47.8 Å². The van der Waals surface area contributed by atoms with Crippen molar-refractivity contribution < 1.29 is 0 Å². The summed E-state index contributed by atoms with van der Waals surface area (Å²) in [6.07, 6.45) is 0. The third kappa shape index (κ3) is 2.13. The summed E-state index contributed by atoms with van der Waals surface area (Å²) in [5.74, 6) is 0. The van der Waals surface area contributed by atoms with Crippen molar-refractivity contribution in [2.45, 2.75) is 2.14 Å². The molecule has 1 rings (SSSR count). The first-order chi connectivity index (χ1) is 4.11. The van der Waals surface area contributed by atoms with Crippen LogP contribution in [0.25, 0.3) is 0 Å². The lowest BCUT2D eigenvalue weighted by Gasteiger charge is -2.15. The van der Waals surface area contributed by atoms with Gasteiger partial charge in [-0.25, -0.2) is 6.07 Å². The molecule has 0 heterocycles. The summed E-state index contributed by atoms with van der Waals surface area (Å²) in [7, 11) is 0. The molecule has 0 fully saturated rings. The fourth-order valence-corrected chi connectivity index (χ4v) is 1.36. The minimum atomic E-state index is -0.240. The fourth-order valence-electron chi connectivity index (χ4n) is 0.563. The summed E-state index contributed by atoms with van der Waals surface area (Å²) in [5, 5.41) is 0. The van der Waals surface area contributed by atoms with Crippen LogP contribution in [0, 0.1) is 0 Å². The Morgan fingerprint density at radius 1 is 1.33 bits per heavy atom. The topological polar surface area (TPSA) is 0 Å². The third-order valence-corrected chi connectivity index (χ3v) is 2.36. The van der Waals surface area contributed by atoms with Gasteiger partial charge in [-0.15, -0.1) is 0 Å². The second-order valence-corrected chi connectivity index (χ2v) is 8.43. The highest BCUT2D eigenvalue weighted by Crippen LogP contribution is 2.44. The smallest absolute Gasteiger partial charge is 0.107 e. The maximum absolute atomic E-state index is 3.40. The van der Waals surface area contributed by atoms with E-state index in [0.717, 1.165) is 0 Å². The summed E-state index contributed by atoms with van der Waals surface area (Å²) in [6.45, 7) is 0. The molecule has 0 radical (unpaired) electrons. The van der Waals surface area contributed by atoms with Crippen LogP contribution in [0.4, 0.5) is 0 Å². The average Bonchev–Trinajstić information content (AvgIpc) is 2.08. The molecule has 0 spiro atoms. The van der Waals surface area contributed by atoms with Gasteiger partial charge >= 0.3 is 0 Å². The summed E-state index contributed by atoms with van der Waals surface area (Å²) < 4.78 is -0.240. The highest BCUT2D eigenvalue weighted by molar-refractivity contribution is 9.38. The molecule has 0 unspecified atom stereocenters. The molecule has 0 aliphatic rings. The molecule has 0 bridgehead atoms. The molecule has 0 saturated carbocycles. The van der Waals surface area contributed by atoms with Crippen molar-refractivity contribution in [3.63, 3.8) is 0 Å². The molecule has 9 heavy (non-hydrogen) atoms. The van der Waals surface area contributed by atoms with Crippen LogP contribution in [0.2, 0.25) is 0 Å². The van der Waals surface area contributed by atoms with Gasteiger partial charge in [-0.1, -0.05) is 47.8 Å². The summed E-state index contributed by atoms with van der Waals surface area (Å²) >= 11 is 10.2. The van der Waals surface area contributed by atoms with Gasteiger partial charge in [-0.2, -0.15) is 23.8 Å². The zero-order chi connectivity index (χ0) is 6.91. The molecule has 0 atom stereocenters. The first kappa shape index (κ1) is 7.89. The molecule has 1 aromatic carbocycles. The van der Waals surface area contributed by atoms with Crippen LogP contribution in [0.1, 0.15) is 5.56 Å². The Kier molecular flexibility index (Phi) is 2.46. The minimum Gasteiger partial charge on any atom is -0.208 e. The number of halogens is 3. The zero-order valence-electron chi connectivity index (χ0n) is 4.44. The highest BCUT2D eigenvalue weighted by atomic mass is 80.0. The van der Waals surface area contributed by atoms with E-state index >= 15 is 0 Å². The second kappa shape index (κ2) is 2.81. The first-order valence-electron chi connectivity index (χ1n) is 2.39. The quantitative estimate of drug-likeness (QED) is 0.506. The Morgan fingerprint density at radius 2 is 2.00 bits per heavy atom. The molecule has 0 amide bonds. The molecular formula is C6H4Br3-. The van der Waals surface area contributed by atoms with Crippen molar-refractivity contribution in [2.75, 3.05) is 0 Å². The molecule has 0 aliphatic heterocycles. The van der Waals surface area contributed by atoms with Crippen LogP contribution in [-0.2, 0) is 2.14 Å². The second-order valence-electron chi connectivity index (χ2n) is 1.67. The highest BCUT2D eigenvalue weighted by Gasteiger charge is 2.12. The fraction of sp³-hybridized carbons (Fsp3) is 0.167. The van der Waals surface area contributed by atoms with Gasteiger partial charge < -0.3 is 0 Å². The molecule has 3 heteroatoms.